The maximum atomic E-state index is 6.56. The number of aryl methyl sites for hydroxylation is 1. The van der Waals surface area contributed by atoms with E-state index in [1.54, 1.807) is 0 Å². The van der Waals surface area contributed by atoms with Gasteiger partial charge in [0.15, 0.2) is 0 Å². The van der Waals surface area contributed by atoms with E-state index in [9.17, 15) is 0 Å². The first kappa shape index (κ1) is 11.6. The number of nitrogens with two attached hydrogens (primary N) is 1. The third kappa shape index (κ3) is 2.12. The molecular formula is C14H22N2. The van der Waals surface area contributed by atoms with Crippen molar-refractivity contribution in [2.45, 2.75) is 52.0 Å². The van der Waals surface area contributed by atoms with E-state index in [2.05, 4.69) is 31.8 Å². The fourth-order valence-corrected chi connectivity index (χ4v) is 2.63. The van der Waals surface area contributed by atoms with Gasteiger partial charge >= 0.3 is 0 Å². The second kappa shape index (κ2) is 3.85. The molecule has 1 aromatic rings. The predicted octanol–water partition coefficient (Wildman–Crippen LogP) is 3.14. The van der Waals surface area contributed by atoms with E-state index in [1.807, 2.05) is 12.4 Å². The van der Waals surface area contributed by atoms with Gasteiger partial charge in [0.25, 0.3) is 0 Å². The first-order valence-corrected chi connectivity index (χ1v) is 6.13. The van der Waals surface area contributed by atoms with Gasteiger partial charge in [-0.05, 0) is 55.2 Å². The molecule has 1 aliphatic carbocycles. The van der Waals surface area contributed by atoms with Gasteiger partial charge in [0, 0.05) is 17.9 Å². The quantitative estimate of drug-likeness (QED) is 0.786. The van der Waals surface area contributed by atoms with Crippen LogP contribution in [0.3, 0.4) is 0 Å². The molecule has 1 saturated carbocycles. The minimum atomic E-state index is -0.145. The highest BCUT2D eigenvalue weighted by molar-refractivity contribution is 5.30. The minimum absolute atomic E-state index is 0.145. The molecular weight excluding hydrogens is 196 g/mol. The zero-order chi connectivity index (χ0) is 11.8. The highest BCUT2D eigenvalue weighted by Crippen LogP contribution is 2.44. The molecule has 88 valence electrons. The summed E-state index contributed by atoms with van der Waals surface area (Å²) >= 11 is 0. The summed E-state index contributed by atoms with van der Waals surface area (Å²) in [6.45, 7) is 6.80. The van der Waals surface area contributed by atoms with Crippen LogP contribution in [0.25, 0.3) is 0 Å². The van der Waals surface area contributed by atoms with Crippen LogP contribution in [0.1, 0.15) is 50.7 Å². The van der Waals surface area contributed by atoms with E-state index in [0.717, 1.165) is 12.8 Å². The summed E-state index contributed by atoms with van der Waals surface area (Å²) in [5.74, 6) is 0. The highest BCUT2D eigenvalue weighted by atomic mass is 14.8. The van der Waals surface area contributed by atoms with Gasteiger partial charge in [-0.25, -0.2) is 0 Å². The summed E-state index contributed by atoms with van der Waals surface area (Å²) in [5.41, 5.74) is 9.39. The van der Waals surface area contributed by atoms with E-state index in [4.69, 9.17) is 5.73 Å². The fraction of sp³-hybridized carbons (Fsp3) is 0.643. The van der Waals surface area contributed by atoms with Crippen molar-refractivity contribution in [3.63, 3.8) is 0 Å². The monoisotopic (exact) mass is 218 g/mol. The SMILES string of the molecule is Cc1ccncc1C1(N)CCC(C)(C)CC1. The molecule has 16 heavy (non-hydrogen) atoms. The average molecular weight is 218 g/mol. The standard InChI is InChI=1S/C14H22N2/c1-11-4-9-16-10-12(11)14(15)7-5-13(2,3)6-8-14/h4,9-10H,5-8,15H2,1-3H3. The number of hydrogen-bond donors (Lipinski definition) is 1. The van der Waals surface area contributed by atoms with E-state index < -0.39 is 0 Å². The summed E-state index contributed by atoms with van der Waals surface area (Å²) in [4.78, 5) is 4.22. The molecule has 0 unspecified atom stereocenters. The Morgan fingerprint density at radius 3 is 2.38 bits per heavy atom. The van der Waals surface area contributed by atoms with Crippen molar-refractivity contribution < 1.29 is 0 Å². The molecule has 0 radical (unpaired) electrons. The first-order valence-electron chi connectivity index (χ1n) is 6.13. The van der Waals surface area contributed by atoms with Crippen LogP contribution < -0.4 is 5.73 Å². The van der Waals surface area contributed by atoms with Crippen molar-refractivity contribution in [3.05, 3.63) is 29.6 Å². The number of nitrogens with zero attached hydrogens (tertiary/aromatic N) is 1. The number of pyridine rings is 1. The van der Waals surface area contributed by atoms with Crippen LogP contribution in [0.15, 0.2) is 18.5 Å². The Morgan fingerprint density at radius 1 is 1.19 bits per heavy atom. The molecule has 0 atom stereocenters. The molecule has 0 amide bonds. The lowest BCUT2D eigenvalue weighted by Gasteiger charge is -2.42. The average Bonchev–Trinajstić information content (AvgIpc) is 2.24. The molecule has 0 aromatic carbocycles. The second-order valence-corrected chi connectivity index (χ2v) is 6.01. The number of rotatable bonds is 1. The van der Waals surface area contributed by atoms with E-state index in [1.165, 1.54) is 24.0 Å². The van der Waals surface area contributed by atoms with Crippen molar-refractivity contribution in [2.24, 2.45) is 11.1 Å². The maximum absolute atomic E-state index is 6.56. The van der Waals surface area contributed by atoms with Crippen molar-refractivity contribution in [2.75, 3.05) is 0 Å². The molecule has 0 saturated heterocycles. The fourth-order valence-electron chi connectivity index (χ4n) is 2.63. The molecule has 2 nitrogen and oxygen atoms in total. The maximum Gasteiger partial charge on any atom is 0.0428 e. The Balaban J connectivity index is 2.25. The largest absolute Gasteiger partial charge is 0.321 e. The van der Waals surface area contributed by atoms with Gasteiger partial charge in [-0.3, -0.25) is 4.98 Å². The van der Waals surface area contributed by atoms with Crippen LogP contribution in [0.5, 0.6) is 0 Å². The normalized spacial score (nSPS) is 23.0. The smallest absolute Gasteiger partial charge is 0.0428 e. The molecule has 1 aromatic heterocycles. The van der Waals surface area contributed by atoms with E-state index >= 15 is 0 Å². The summed E-state index contributed by atoms with van der Waals surface area (Å²) in [6.07, 6.45) is 8.36. The van der Waals surface area contributed by atoms with Gasteiger partial charge in [0.05, 0.1) is 0 Å². The summed E-state index contributed by atoms with van der Waals surface area (Å²) < 4.78 is 0. The van der Waals surface area contributed by atoms with Crippen LogP contribution in [0.4, 0.5) is 0 Å². The number of hydrogen-bond acceptors (Lipinski definition) is 2. The van der Waals surface area contributed by atoms with E-state index in [0.29, 0.717) is 5.41 Å². The topological polar surface area (TPSA) is 38.9 Å². The molecule has 0 aliphatic heterocycles. The molecule has 0 spiro atoms. The molecule has 0 bridgehead atoms. The lowest BCUT2D eigenvalue weighted by molar-refractivity contribution is 0.164. The molecule has 1 fully saturated rings. The Hall–Kier alpha value is -0.890. The van der Waals surface area contributed by atoms with Crippen LogP contribution in [0, 0.1) is 12.3 Å². The Labute approximate surface area is 98.3 Å². The van der Waals surface area contributed by atoms with Gasteiger partial charge in [-0.1, -0.05) is 13.8 Å². The van der Waals surface area contributed by atoms with Gasteiger partial charge in [0.2, 0.25) is 0 Å². The Morgan fingerprint density at radius 2 is 1.81 bits per heavy atom. The zero-order valence-corrected chi connectivity index (χ0v) is 10.6. The molecule has 2 N–H and O–H groups in total. The van der Waals surface area contributed by atoms with Gasteiger partial charge in [-0.15, -0.1) is 0 Å². The Bertz CT molecular complexity index is 372. The van der Waals surface area contributed by atoms with E-state index in [-0.39, 0.29) is 5.54 Å². The van der Waals surface area contributed by atoms with Crippen molar-refractivity contribution in [3.8, 4) is 0 Å². The predicted molar refractivity (Wildman–Crippen MR) is 67.1 cm³/mol. The lowest BCUT2D eigenvalue weighted by atomic mass is 9.67. The third-order valence-corrected chi connectivity index (χ3v) is 4.07. The van der Waals surface area contributed by atoms with Gasteiger partial charge in [-0.2, -0.15) is 0 Å². The van der Waals surface area contributed by atoms with Crippen molar-refractivity contribution in [1.29, 1.82) is 0 Å². The summed E-state index contributed by atoms with van der Waals surface area (Å²) in [7, 11) is 0. The minimum Gasteiger partial charge on any atom is -0.321 e. The lowest BCUT2D eigenvalue weighted by Crippen LogP contribution is -2.42. The summed E-state index contributed by atoms with van der Waals surface area (Å²) in [5, 5.41) is 0. The first-order chi connectivity index (χ1) is 7.43. The van der Waals surface area contributed by atoms with Crippen LogP contribution in [0.2, 0.25) is 0 Å². The molecule has 2 rings (SSSR count). The Kier molecular flexibility index (Phi) is 2.79. The molecule has 1 aliphatic rings. The molecule has 2 heteroatoms. The van der Waals surface area contributed by atoms with Crippen molar-refractivity contribution >= 4 is 0 Å². The van der Waals surface area contributed by atoms with Gasteiger partial charge < -0.3 is 5.73 Å². The summed E-state index contributed by atoms with van der Waals surface area (Å²) in [6, 6.07) is 2.06. The molecule has 1 heterocycles. The second-order valence-electron chi connectivity index (χ2n) is 6.01. The van der Waals surface area contributed by atoms with Crippen LogP contribution in [-0.4, -0.2) is 4.98 Å². The van der Waals surface area contributed by atoms with Crippen molar-refractivity contribution in [1.82, 2.24) is 4.98 Å². The number of aromatic nitrogens is 1. The zero-order valence-electron chi connectivity index (χ0n) is 10.6. The third-order valence-electron chi connectivity index (χ3n) is 4.07. The highest BCUT2D eigenvalue weighted by Gasteiger charge is 2.37. The van der Waals surface area contributed by atoms with Crippen LogP contribution >= 0.6 is 0 Å². The van der Waals surface area contributed by atoms with Crippen LogP contribution in [-0.2, 0) is 5.54 Å². The van der Waals surface area contributed by atoms with Gasteiger partial charge in [0.1, 0.15) is 0 Å².